The molecule has 0 aromatic heterocycles. The Morgan fingerprint density at radius 2 is 2.00 bits per heavy atom. The van der Waals surface area contributed by atoms with Gasteiger partial charge in [-0.1, -0.05) is 0 Å². The fourth-order valence-corrected chi connectivity index (χ4v) is 5.32. The number of carbonyl (C=O) groups excluding carboxylic acids is 1. The van der Waals surface area contributed by atoms with Gasteiger partial charge in [0.15, 0.2) is 0 Å². The van der Waals surface area contributed by atoms with Crippen LogP contribution in [0, 0.1) is 5.41 Å². The van der Waals surface area contributed by atoms with Gasteiger partial charge in [0.05, 0.1) is 6.10 Å². The summed E-state index contributed by atoms with van der Waals surface area (Å²) < 4.78 is 0. The molecule has 3 saturated heterocycles. The minimum atomic E-state index is -0.996. The number of hydrogen-bond donors (Lipinski definition) is 2. The van der Waals surface area contributed by atoms with Gasteiger partial charge in [-0.25, -0.2) is 4.79 Å². The van der Waals surface area contributed by atoms with Crippen molar-refractivity contribution in [3.05, 3.63) is 0 Å². The lowest BCUT2D eigenvalue weighted by Crippen LogP contribution is -2.65. The number of carboxylic acid groups (broad SMARTS) is 1. The summed E-state index contributed by atoms with van der Waals surface area (Å²) in [6.45, 7) is 4.85. The predicted octanol–water partition coefficient (Wildman–Crippen LogP) is 1.36. The molecule has 4 aliphatic rings. The molecule has 2 N–H and O–H groups in total. The van der Waals surface area contributed by atoms with Gasteiger partial charge in [0, 0.05) is 31.7 Å². The fraction of sp³-hybridized carbons (Fsp3) is 0.895. The minimum absolute atomic E-state index is 0.0234. The maximum absolute atomic E-state index is 12.8. The van der Waals surface area contributed by atoms with Gasteiger partial charge >= 0.3 is 6.09 Å². The largest absolute Gasteiger partial charge is 0.465 e. The molecule has 146 valence electrons. The molecule has 1 spiro atoms. The molecule has 4 atom stereocenters. The molecule has 3 heterocycles. The highest BCUT2D eigenvalue weighted by Gasteiger charge is 2.51. The van der Waals surface area contributed by atoms with E-state index < -0.39 is 12.1 Å². The summed E-state index contributed by atoms with van der Waals surface area (Å²) in [5.74, 6) is -0.0380. The van der Waals surface area contributed by atoms with E-state index in [-0.39, 0.29) is 29.5 Å². The van der Waals surface area contributed by atoms with Gasteiger partial charge < -0.3 is 20.0 Å². The molecule has 26 heavy (non-hydrogen) atoms. The molecular weight excluding hydrogens is 334 g/mol. The Hall–Kier alpha value is -1.34. The van der Waals surface area contributed by atoms with Gasteiger partial charge in [-0.2, -0.15) is 0 Å². The molecule has 1 saturated carbocycles. The number of rotatable bonds is 3. The van der Waals surface area contributed by atoms with E-state index in [1.165, 1.54) is 17.7 Å². The number of β-amino-alcohol motifs (C(OH)–C–C–N with tert-alkyl or cyclic N) is 1. The van der Waals surface area contributed by atoms with Crippen molar-refractivity contribution in [3.8, 4) is 0 Å². The highest BCUT2D eigenvalue weighted by Crippen LogP contribution is 2.53. The second-order valence-corrected chi connectivity index (χ2v) is 8.81. The van der Waals surface area contributed by atoms with Crippen molar-refractivity contribution in [2.24, 2.45) is 5.41 Å². The van der Waals surface area contributed by atoms with Gasteiger partial charge in [-0.3, -0.25) is 9.69 Å². The monoisotopic (exact) mass is 365 g/mol. The lowest BCUT2D eigenvalue weighted by atomic mass is 9.88. The summed E-state index contributed by atoms with van der Waals surface area (Å²) in [5.41, 5.74) is 0.227. The summed E-state index contributed by atoms with van der Waals surface area (Å²) in [4.78, 5) is 29.9. The van der Waals surface area contributed by atoms with Gasteiger partial charge in [-0.15, -0.1) is 0 Å². The third kappa shape index (κ3) is 3.09. The zero-order valence-corrected chi connectivity index (χ0v) is 15.6. The lowest BCUT2D eigenvalue weighted by molar-refractivity contribution is -0.150. The Kier molecular flexibility index (Phi) is 4.63. The molecule has 0 bridgehead atoms. The molecule has 7 heteroatoms. The highest BCUT2D eigenvalue weighted by atomic mass is 16.4. The first-order chi connectivity index (χ1) is 12.4. The second-order valence-electron chi connectivity index (χ2n) is 8.81. The normalized spacial score (nSPS) is 36.9. The Morgan fingerprint density at radius 1 is 1.23 bits per heavy atom. The standard InChI is InChI=1S/C19H31N3O4/c1-13-17(24)22-14(3-2-4-15(22)11-21(13)18(25)26)5-9-20-10-8-19(6-7-19)16(23)12-20/h13-16,23H,2-12H2,1H3,(H,25,26)/t13-,14-,15+,16?/m0/s1. The first-order valence-electron chi connectivity index (χ1n) is 10.1. The van der Waals surface area contributed by atoms with Crippen LogP contribution >= 0.6 is 0 Å². The van der Waals surface area contributed by atoms with E-state index in [1.54, 1.807) is 6.92 Å². The van der Waals surface area contributed by atoms with E-state index in [0.29, 0.717) is 6.54 Å². The Balaban J connectivity index is 1.36. The van der Waals surface area contributed by atoms with Gasteiger partial charge in [0.1, 0.15) is 6.04 Å². The first-order valence-corrected chi connectivity index (χ1v) is 10.1. The minimum Gasteiger partial charge on any atom is -0.465 e. The van der Waals surface area contributed by atoms with Crippen molar-refractivity contribution in [3.63, 3.8) is 0 Å². The number of likely N-dealkylation sites (tertiary alicyclic amines) is 1. The average Bonchev–Trinajstić information content (AvgIpc) is 3.39. The number of piperazine rings is 1. The highest BCUT2D eigenvalue weighted by molar-refractivity contribution is 5.86. The number of nitrogens with zero attached hydrogens (tertiary/aromatic N) is 3. The average molecular weight is 365 g/mol. The summed E-state index contributed by atoms with van der Waals surface area (Å²) in [6.07, 6.45) is 6.11. The number of carbonyl (C=O) groups is 2. The van der Waals surface area contributed by atoms with Crippen LogP contribution in [0.5, 0.6) is 0 Å². The van der Waals surface area contributed by atoms with Crippen LogP contribution < -0.4 is 0 Å². The molecule has 3 aliphatic heterocycles. The molecule has 4 rings (SSSR count). The Bertz CT molecular complexity index is 579. The number of aliphatic hydroxyl groups excluding tert-OH is 1. The van der Waals surface area contributed by atoms with E-state index in [0.717, 1.165) is 51.7 Å². The van der Waals surface area contributed by atoms with Crippen LogP contribution in [0.4, 0.5) is 4.79 Å². The molecule has 1 unspecified atom stereocenters. The van der Waals surface area contributed by atoms with Crippen molar-refractivity contribution >= 4 is 12.0 Å². The zero-order chi connectivity index (χ0) is 18.5. The second kappa shape index (κ2) is 6.68. The maximum Gasteiger partial charge on any atom is 0.408 e. The van der Waals surface area contributed by atoms with E-state index in [4.69, 9.17) is 0 Å². The van der Waals surface area contributed by atoms with Crippen molar-refractivity contribution in [1.29, 1.82) is 0 Å². The summed E-state index contributed by atoms with van der Waals surface area (Å²) in [7, 11) is 0. The van der Waals surface area contributed by atoms with Crippen LogP contribution in [0.25, 0.3) is 0 Å². The number of hydrogen-bond acceptors (Lipinski definition) is 4. The summed E-state index contributed by atoms with van der Waals surface area (Å²) >= 11 is 0. The third-order valence-electron chi connectivity index (χ3n) is 7.33. The number of aliphatic hydroxyl groups is 1. The maximum atomic E-state index is 12.8. The summed E-state index contributed by atoms with van der Waals surface area (Å²) in [5, 5.41) is 19.7. The van der Waals surface area contributed by atoms with Gasteiger partial charge in [0.25, 0.3) is 0 Å². The Labute approximate surface area is 154 Å². The van der Waals surface area contributed by atoms with Crippen molar-refractivity contribution in [1.82, 2.24) is 14.7 Å². The van der Waals surface area contributed by atoms with Crippen molar-refractivity contribution < 1.29 is 19.8 Å². The number of fused-ring (bicyclic) bond motifs is 1. The molecule has 0 aromatic rings. The summed E-state index contributed by atoms with van der Waals surface area (Å²) in [6, 6.07) is -0.361. The zero-order valence-electron chi connectivity index (χ0n) is 15.6. The van der Waals surface area contributed by atoms with Crippen LogP contribution in [-0.4, -0.2) is 87.3 Å². The SMILES string of the molecule is C[C@H]1C(=O)N2[C@H](CCN3CCC4(CC4)C(O)C3)CCC[C@@H]2CN1C(=O)O. The van der Waals surface area contributed by atoms with Crippen LogP contribution in [0.2, 0.25) is 0 Å². The lowest BCUT2D eigenvalue weighted by Gasteiger charge is -2.50. The molecule has 1 aliphatic carbocycles. The van der Waals surface area contributed by atoms with Gasteiger partial charge in [0.2, 0.25) is 5.91 Å². The molecule has 0 aromatic carbocycles. The van der Waals surface area contributed by atoms with E-state index in [2.05, 4.69) is 4.90 Å². The molecule has 7 nitrogen and oxygen atoms in total. The first kappa shape index (κ1) is 18.0. The molecule has 4 fully saturated rings. The van der Waals surface area contributed by atoms with Crippen LogP contribution in [0.1, 0.15) is 51.9 Å². The fourth-order valence-electron chi connectivity index (χ4n) is 5.32. The van der Waals surface area contributed by atoms with E-state index >= 15 is 0 Å². The number of amides is 2. The third-order valence-corrected chi connectivity index (χ3v) is 7.33. The van der Waals surface area contributed by atoms with Crippen LogP contribution in [0.3, 0.4) is 0 Å². The van der Waals surface area contributed by atoms with E-state index in [1.807, 2.05) is 4.90 Å². The predicted molar refractivity (Wildman–Crippen MR) is 95.8 cm³/mol. The smallest absolute Gasteiger partial charge is 0.408 e. The van der Waals surface area contributed by atoms with Gasteiger partial charge in [-0.05, 0) is 63.8 Å². The molecule has 0 radical (unpaired) electrons. The topological polar surface area (TPSA) is 84.3 Å². The van der Waals surface area contributed by atoms with Crippen molar-refractivity contribution in [2.45, 2.75) is 76.1 Å². The van der Waals surface area contributed by atoms with Crippen molar-refractivity contribution in [2.75, 3.05) is 26.2 Å². The molecular formula is C19H31N3O4. The number of piperidine rings is 2. The van der Waals surface area contributed by atoms with Crippen LogP contribution in [0.15, 0.2) is 0 Å². The van der Waals surface area contributed by atoms with Crippen LogP contribution in [-0.2, 0) is 4.79 Å². The van der Waals surface area contributed by atoms with E-state index in [9.17, 15) is 19.8 Å². The quantitative estimate of drug-likeness (QED) is 0.789. The molecule has 2 amide bonds. The Morgan fingerprint density at radius 3 is 2.65 bits per heavy atom.